The number of thioether (sulfide) groups is 1. The predicted molar refractivity (Wildman–Crippen MR) is 91.6 cm³/mol. The molecule has 0 unspecified atom stereocenters. The van der Waals surface area contributed by atoms with Crippen LogP contribution in [-0.2, 0) is 11.2 Å². The van der Waals surface area contributed by atoms with Crippen molar-refractivity contribution in [3.63, 3.8) is 0 Å². The number of hydrogen-bond donors (Lipinski definition) is 2. The summed E-state index contributed by atoms with van der Waals surface area (Å²) in [6.07, 6.45) is 11.0. The number of nitrogens with one attached hydrogen (secondary N) is 1. The highest BCUT2D eigenvalue weighted by molar-refractivity contribution is 8.00. The summed E-state index contributed by atoms with van der Waals surface area (Å²) in [6, 6.07) is 0.382. The maximum absolute atomic E-state index is 12.0. The number of aromatic nitrogens is 3. The summed E-state index contributed by atoms with van der Waals surface area (Å²) in [5, 5.41) is 11.8. The van der Waals surface area contributed by atoms with Gasteiger partial charge in [-0.15, -0.1) is 10.2 Å². The third-order valence-electron chi connectivity index (χ3n) is 4.81. The number of nitrogens with two attached hydrogens (primary N) is 1. The second-order valence-electron chi connectivity index (χ2n) is 6.85. The van der Waals surface area contributed by atoms with Gasteiger partial charge in [-0.25, -0.2) is 4.68 Å². The Bertz CT molecular complexity index is 537. The SMILES string of the molecule is C[C@@H](Sc1nnc(CCC2CCCCC2)n1N)C(=O)NC1CC1. The number of nitrogen functional groups attached to an aromatic ring is 1. The van der Waals surface area contributed by atoms with Crippen LogP contribution in [0.4, 0.5) is 0 Å². The van der Waals surface area contributed by atoms with Crippen LogP contribution in [0.2, 0.25) is 0 Å². The van der Waals surface area contributed by atoms with Crippen LogP contribution in [0.1, 0.15) is 64.1 Å². The van der Waals surface area contributed by atoms with Crippen LogP contribution in [0.5, 0.6) is 0 Å². The van der Waals surface area contributed by atoms with Crippen molar-refractivity contribution in [2.45, 2.75) is 81.2 Å². The van der Waals surface area contributed by atoms with E-state index in [0.29, 0.717) is 11.2 Å². The maximum atomic E-state index is 12.0. The smallest absolute Gasteiger partial charge is 0.233 e. The van der Waals surface area contributed by atoms with Gasteiger partial charge in [0.2, 0.25) is 11.1 Å². The van der Waals surface area contributed by atoms with E-state index in [9.17, 15) is 4.79 Å². The van der Waals surface area contributed by atoms with Gasteiger partial charge in [-0.05, 0) is 32.1 Å². The van der Waals surface area contributed by atoms with Crippen LogP contribution < -0.4 is 11.2 Å². The molecule has 2 aliphatic carbocycles. The maximum Gasteiger partial charge on any atom is 0.233 e. The Labute approximate surface area is 142 Å². The van der Waals surface area contributed by atoms with Crippen molar-refractivity contribution in [3.8, 4) is 0 Å². The molecule has 0 saturated heterocycles. The fraction of sp³-hybridized carbons (Fsp3) is 0.812. The summed E-state index contributed by atoms with van der Waals surface area (Å²) >= 11 is 1.38. The van der Waals surface area contributed by atoms with E-state index in [1.807, 2.05) is 6.92 Å². The summed E-state index contributed by atoms with van der Waals surface area (Å²) in [5.41, 5.74) is 0. The molecule has 3 N–H and O–H groups in total. The second kappa shape index (κ2) is 7.55. The number of carbonyl (C=O) groups is 1. The van der Waals surface area contributed by atoms with Gasteiger partial charge in [0.05, 0.1) is 5.25 Å². The number of rotatable bonds is 7. The van der Waals surface area contributed by atoms with Crippen molar-refractivity contribution in [1.29, 1.82) is 0 Å². The van der Waals surface area contributed by atoms with Crippen LogP contribution >= 0.6 is 11.8 Å². The van der Waals surface area contributed by atoms with E-state index in [1.165, 1.54) is 43.9 Å². The first-order valence-electron chi connectivity index (χ1n) is 8.80. The van der Waals surface area contributed by atoms with Gasteiger partial charge in [-0.1, -0.05) is 43.9 Å². The number of nitrogens with zero attached hydrogens (tertiary/aromatic N) is 3. The van der Waals surface area contributed by atoms with E-state index in [2.05, 4.69) is 15.5 Å². The van der Waals surface area contributed by atoms with Crippen molar-refractivity contribution >= 4 is 17.7 Å². The first-order chi connectivity index (χ1) is 11.1. The molecular weight excluding hydrogens is 310 g/mol. The molecule has 1 aromatic heterocycles. The van der Waals surface area contributed by atoms with E-state index < -0.39 is 0 Å². The molecule has 0 aliphatic heterocycles. The first kappa shape index (κ1) is 16.6. The fourth-order valence-corrected chi connectivity index (χ4v) is 3.92. The van der Waals surface area contributed by atoms with Gasteiger partial charge in [-0.3, -0.25) is 4.79 Å². The zero-order valence-corrected chi connectivity index (χ0v) is 14.6. The molecule has 0 aromatic carbocycles. The van der Waals surface area contributed by atoms with Crippen LogP contribution in [0.25, 0.3) is 0 Å². The molecule has 3 rings (SSSR count). The Hall–Kier alpha value is -1.24. The Morgan fingerprint density at radius 3 is 2.74 bits per heavy atom. The van der Waals surface area contributed by atoms with Gasteiger partial charge < -0.3 is 11.2 Å². The Morgan fingerprint density at radius 1 is 1.30 bits per heavy atom. The number of amides is 1. The summed E-state index contributed by atoms with van der Waals surface area (Å²) in [6.45, 7) is 1.89. The summed E-state index contributed by atoms with van der Waals surface area (Å²) in [4.78, 5) is 12.0. The zero-order valence-electron chi connectivity index (χ0n) is 13.8. The standard InChI is InChI=1S/C16H27N5OS/c1-11(15(22)18-13-8-9-13)23-16-20-19-14(21(16)17)10-7-12-5-3-2-4-6-12/h11-13H,2-10,17H2,1H3,(H,18,22)/t11-/m1/s1. The van der Waals surface area contributed by atoms with Crippen LogP contribution in [-0.4, -0.2) is 32.1 Å². The molecular formula is C16H27N5OS. The van der Waals surface area contributed by atoms with E-state index in [4.69, 9.17) is 5.84 Å². The van der Waals surface area contributed by atoms with Crippen LogP contribution in [0.15, 0.2) is 5.16 Å². The van der Waals surface area contributed by atoms with Gasteiger partial charge in [0, 0.05) is 12.5 Å². The zero-order chi connectivity index (χ0) is 16.2. The molecule has 2 aliphatic rings. The van der Waals surface area contributed by atoms with Gasteiger partial charge >= 0.3 is 0 Å². The lowest BCUT2D eigenvalue weighted by Crippen LogP contribution is -2.32. The molecule has 1 amide bonds. The Morgan fingerprint density at radius 2 is 2.04 bits per heavy atom. The molecule has 128 valence electrons. The summed E-state index contributed by atoms with van der Waals surface area (Å²) in [7, 11) is 0. The van der Waals surface area contributed by atoms with Crippen molar-refractivity contribution in [3.05, 3.63) is 5.82 Å². The predicted octanol–water partition coefficient (Wildman–Crippen LogP) is 2.26. The summed E-state index contributed by atoms with van der Waals surface area (Å²) < 4.78 is 1.56. The molecule has 23 heavy (non-hydrogen) atoms. The minimum atomic E-state index is -0.201. The molecule has 7 heteroatoms. The fourth-order valence-electron chi connectivity index (χ4n) is 3.12. The second-order valence-corrected chi connectivity index (χ2v) is 8.16. The lowest BCUT2D eigenvalue weighted by molar-refractivity contribution is -0.120. The highest BCUT2D eigenvalue weighted by atomic mass is 32.2. The lowest BCUT2D eigenvalue weighted by Gasteiger charge is -2.20. The minimum absolute atomic E-state index is 0.0595. The van der Waals surface area contributed by atoms with Gasteiger partial charge in [0.25, 0.3) is 0 Å². The van der Waals surface area contributed by atoms with Crippen LogP contribution in [0, 0.1) is 5.92 Å². The molecule has 6 nitrogen and oxygen atoms in total. The molecule has 1 aromatic rings. The molecule has 0 spiro atoms. The monoisotopic (exact) mass is 337 g/mol. The Balaban J connectivity index is 1.50. The van der Waals surface area contributed by atoms with E-state index >= 15 is 0 Å². The lowest BCUT2D eigenvalue weighted by atomic mass is 9.86. The molecule has 1 heterocycles. The van der Waals surface area contributed by atoms with Crippen molar-refractivity contribution in [2.75, 3.05) is 5.84 Å². The minimum Gasteiger partial charge on any atom is -0.352 e. The van der Waals surface area contributed by atoms with Gasteiger partial charge in [-0.2, -0.15) is 0 Å². The van der Waals surface area contributed by atoms with Crippen molar-refractivity contribution in [2.24, 2.45) is 5.92 Å². The summed E-state index contributed by atoms with van der Waals surface area (Å²) in [5.74, 6) is 7.81. The van der Waals surface area contributed by atoms with Crippen molar-refractivity contribution in [1.82, 2.24) is 20.2 Å². The largest absolute Gasteiger partial charge is 0.352 e. The number of aryl methyl sites for hydroxylation is 1. The van der Waals surface area contributed by atoms with E-state index in [0.717, 1.165) is 37.4 Å². The average Bonchev–Trinajstić information content (AvgIpc) is 3.31. The van der Waals surface area contributed by atoms with Crippen molar-refractivity contribution < 1.29 is 4.79 Å². The Kier molecular flexibility index (Phi) is 5.46. The molecule has 1 atom stereocenters. The van der Waals surface area contributed by atoms with Gasteiger partial charge in [0.15, 0.2) is 5.82 Å². The van der Waals surface area contributed by atoms with Crippen LogP contribution in [0.3, 0.4) is 0 Å². The van der Waals surface area contributed by atoms with Gasteiger partial charge in [0.1, 0.15) is 0 Å². The highest BCUT2D eigenvalue weighted by Crippen LogP contribution is 2.28. The number of hydrogen-bond acceptors (Lipinski definition) is 5. The topological polar surface area (TPSA) is 85.8 Å². The quantitative estimate of drug-likeness (QED) is 0.589. The highest BCUT2D eigenvalue weighted by Gasteiger charge is 2.27. The van der Waals surface area contributed by atoms with E-state index in [1.54, 1.807) is 4.68 Å². The molecule has 0 radical (unpaired) electrons. The normalized spacial score (nSPS) is 20.4. The number of carbonyl (C=O) groups excluding carboxylic acids is 1. The molecule has 2 fully saturated rings. The third-order valence-corrected chi connectivity index (χ3v) is 5.87. The molecule has 2 saturated carbocycles. The third kappa shape index (κ3) is 4.62. The molecule has 0 bridgehead atoms. The van der Waals surface area contributed by atoms with E-state index in [-0.39, 0.29) is 11.2 Å². The first-order valence-corrected chi connectivity index (χ1v) is 9.68. The average molecular weight is 337 g/mol.